The number of thioether (sulfide) groups is 1. The smallest absolute Gasteiger partial charge is 0.262 e. The molecule has 1 fully saturated rings. The second-order valence-corrected chi connectivity index (χ2v) is 8.59. The lowest BCUT2D eigenvalue weighted by molar-refractivity contribution is 0.0937. The summed E-state index contributed by atoms with van der Waals surface area (Å²) in [6, 6.07) is 14.7. The molecule has 0 saturated carbocycles. The van der Waals surface area contributed by atoms with E-state index < -0.39 is 0 Å². The van der Waals surface area contributed by atoms with Crippen molar-refractivity contribution in [2.75, 3.05) is 6.61 Å². The Morgan fingerprint density at radius 3 is 2.81 bits per heavy atom. The fraction of sp³-hybridized carbons (Fsp3) is 0.273. The molecule has 1 saturated heterocycles. The highest BCUT2D eigenvalue weighted by molar-refractivity contribution is 7.98. The monoisotopic (exact) mass is 454 g/mol. The Hall–Kier alpha value is -2.68. The van der Waals surface area contributed by atoms with E-state index in [1.54, 1.807) is 16.7 Å². The quantitative estimate of drug-likeness (QED) is 0.311. The van der Waals surface area contributed by atoms with E-state index in [1.807, 2.05) is 36.4 Å². The Morgan fingerprint density at radius 2 is 1.97 bits per heavy atom. The van der Waals surface area contributed by atoms with Crippen molar-refractivity contribution in [2.45, 2.75) is 36.4 Å². The standard InChI is InChI=1S/C22H19ClN4O3S/c23-17-9-3-1-7-15(17)20-25-19(30-26-20)13-31-22-24-18-10-4-2-8-16(18)21(28)27(22)12-14-6-5-11-29-14/h1-4,7-10,14H,5-6,11-13H2. The first-order valence-corrected chi connectivity index (χ1v) is 11.4. The number of hydrogen-bond donors (Lipinski definition) is 0. The minimum absolute atomic E-state index is 0.0234. The van der Waals surface area contributed by atoms with E-state index in [0.717, 1.165) is 19.4 Å². The van der Waals surface area contributed by atoms with Crippen LogP contribution in [-0.4, -0.2) is 32.4 Å². The molecule has 31 heavy (non-hydrogen) atoms. The number of ether oxygens (including phenoxy) is 1. The first-order valence-electron chi connectivity index (χ1n) is 10.0. The molecule has 1 aliphatic rings. The van der Waals surface area contributed by atoms with Gasteiger partial charge in [-0.15, -0.1) is 0 Å². The van der Waals surface area contributed by atoms with Gasteiger partial charge in [-0.05, 0) is 37.1 Å². The topological polar surface area (TPSA) is 83.0 Å². The van der Waals surface area contributed by atoms with E-state index in [4.69, 9.17) is 25.8 Å². The van der Waals surface area contributed by atoms with Gasteiger partial charge in [-0.3, -0.25) is 9.36 Å². The summed E-state index contributed by atoms with van der Waals surface area (Å²) in [5, 5.41) is 5.81. The second-order valence-electron chi connectivity index (χ2n) is 7.24. The Labute approximate surface area is 187 Å². The number of benzene rings is 2. The molecule has 0 spiro atoms. The molecule has 2 aromatic carbocycles. The third-order valence-corrected chi connectivity index (χ3v) is 6.44. The van der Waals surface area contributed by atoms with Crippen LogP contribution in [0.4, 0.5) is 0 Å². The third kappa shape index (κ3) is 4.23. The molecule has 2 aromatic heterocycles. The molecule has 0 N–H and O–H groups in total. The summed E-state index contributed by atoms with van der Waals surface area (Å²) < 4.78 is 12.9. The van der Waals surface area contributed by atoms with Crippen LogP contribution in [0.15, 0.2) is 63.0 Å². The zero-order chi connectivity index (χ0) is 21.2. The molecule has 4 aromatic rings. The molecule has 7 nitrogen and oxygen atoms in total. The molecule has 0 radical (unpaired) electrons. The van der Waals surface area contributed by atoms with Gasteiger partial charge in [0, 0.05) is 12.2 Å². The van der Waals surface area contributed by atoms with Crippen molar-refractivity contribution in [3.05, 3.63) is 69.8 Å². The second kappa shape index (κ2) is 8.82. The van der Waals surface area contributed by atoms with Gasteiger partial charge >= 0.3 is 0 Å². The van der Waals surface area contributed by atoms with Crippen molar-refractivity contribution in [2.24, 2.45) is 0 Å². The number of aromatic nitrogens is 4. The highest BCUT2D eigenvalue weighted by Crippen LogP contribution is 2.27. The predicted molar refractivity (Wildman–Crippen MR) is 119 cm³/mol. The fourth-order valence-electron chi connectivity index (χ4n) is 3.60. The van der Waals surface area contributed by atoms with Crippen LogP contribution in [0.5, 0.6) is 0 Å². The van der Waals surface area contributed by atoms with Gasteiger partial charge in [-0.25, -0.2) is 4.98 Å². The van der Waals surface area contributed by atoms with E-state index in [0.29, 0.717) is 50.7 Å². The Balaban J connectivity index is 1.43. The van der Waals surface area contributed by atoms with Crippen LogP contribution in [0.2, 0.25) is 5.02 Å². The third-order valence-electron chi connectivity index (χ3n) is 5.14. The average Bonchev–Trinajstić information content (AvgIpc) is 3.47. The van der Waals surface area contributed by atoms with Crippen LogP contribution >= 0.6 is 23.4 Å². The van der Waals surface area contributed by atoms with Gasteiger partial charge in [-0.1, -0.05) is 52.8 Å². The van der Waals surface area contributed by atoms with E-state index in [-0.39, 0.29) is 11.7 Å². The van der Waals surface area contributed by atoms with Crippen molar-refractivity contribution in [3.63, 3.8) is 0 Å². The van der Waals surface area contributed by atoms with Gasteiger partial charge in [0.15, 0.2) is 5.16 Å². The molecule has 1 atom stereocenters. The summed E-state index contributed by atoms with van der Waals surface area (Å²) in [4.78, 5) is 22.3. The molecule has 158 valence electrons. The van der Waals surface area contributed by atoms with E-state index in [2.05, 4.69) is 10.1 Å². The van der Waals surface area contributed by atoms with Crippen LogP contribution in [-0.2, 0) is 17.0 Å². The Bertz CT molecular complexity index is 1280. The number of nitrogens with zero attached hydrogens (tertiary/aromatic N) is 4. The van der Waals surface area contributed by atoms with Gasteiger partial charge in [0.05, 0.1) is 34.3 Å². The maximum absolute atomic E-state index is 13.2. The molecule has 1 unspecified atom stereocenters. The first-order chi connectivity index (χ1) is 15.2. The molecule has 0 amide bonds. The summed E-state index contributed by atoms with van der Waals surface area (Å²) in [6.07, 6.45) is 1.97. The normalized spacial score (nSPS) is 16.2. The van der Waals surface area contributed by atoms with Crippen LogP contribution in [0, 0.1) is 0 Å². The average molecular weight is 455 g/mol. The number of halogens is 1. The highest BCUT2D eigenvalue weighted by atomic mass is 35.5. The van der Waals surface area contributed by atoms with Crippen LogP contribution in [0.3, 0.4) is 0 Å². The number of para-hydroxylation sites is 1. The lowest BCUT2D eigenvalue weighted by Gasteiger charge is -2.16. The van der Waals surface area contributed by atoms with Crippen LogP contribution < -0.4 is 5.56 Å². The van der Waals surface area contributed by atoms with E-state index in [9.17, 15) is 4.79 Å². The maximum Gasteiger partial charge on any atom is 0.262 e. The SMILES string of the molecule is O=c1c2ccccc2nc(SCc2nc(-c3ccccc3Cl)no2)n1CC1CCCO1. The minimum Gasteiger partial charge on any atom is -0.376 e. The minimum atomic E-state index is -0.0640. The highest BCUT2D eigenvalue weighted by Gasteiger charge is 2.21. The summed E-state index contributed by atoms with van der Waals surface area (Å²) in [6.45, 7) is 1.21. The van der Waals surface area contributed by atoms with Gasteiger partial charge in [0.25, 0.3) is 5.56 Å². The summed E-state index contributed by atoms with van der Waals surface area (Å²) in [7, 11) is 0. The van der Waals surface area contributed by atoms with Crippen molar-refractivity contribution >= 4 is 34.3 Å². The van der Waals surface area contributed by atoms with Crippen molar-refractivity contribution in [1.29, 1.82) is 0 Å². The van der Waals surface area contributed by atoms with Gasteiger partial charge in [0.1, 0.15) is 0 Å². The largest absolute Gasteiger partial charge is 0.376 e. The first kappa shape index (κ1) is 20.2. The van der Waals surface area contributed by atoms with Gasteiger partial charge in [-0.2, -0.15) is 4.98 Å². The van der Waals surface area contributed by atoms with Gasteiger partial charge in [0.2, 0.25) is 11.7 Å². The fourth-order valence-corrected chi connectivity index (χ4v) is 4.67. The molecule has 3 heterocycles. The maximum atomic E-state index is 13.2. The Morgan fingerprint density at radius 1 is 1.13 bits per heavy atom. The molecule has 5 rings (SSSR count). The zero-order valence-corrected chi connectivity index (χ0v) is 18.1. The van der Waals surface area contributed by atoms with E-state index >= 15 is 0 Å². The lowest BCUT2D eigenvalue weighted by atomic mass is 10.2. The predicted octanol–water partition coefficient (Wildman–Crippen LogP) is 4.57. The van der Waals surface area contributed by atoms with Crippen molar-refractivity contribution in [3.8, 4) is 11.4 Å². The lowest BCUT2D eigenvalue weighted by Crippen LogP contribution is -2.28. The van der Waals surface area contributed by atoms with Crippen LogP contribution in [0.25, 0.3) is 22.3 Å². The number of rotatable bonds is 6. The molecular formula is C22H19ClN4O3S. The Kier molecular flexibility index (Phi) is 5.76. The van der Waals surface area contributed by atoms with Crippen molar-refractivity contribution < 1.29 is 9.26 Å². The van der Waals surface area contributed by atoms with E-state index in [1.165, 1.54) is 11.8 Å². The molecule has 0 aliphatic carbocycles. The summed E-state index contributed by atoms with van der Waals surface area (Å²) >= 11 is 7.62. The number of hydrogen-bond acceptors (Lipinski definition) is 7. The van der Waals surface area contributed by atoms with Crippen molar-refractivity contribution in [1.82, 2.24) is 19.7 Å². The zero-order valence-electron chi connectivity index (χ0n) is 16.5. The van der Waals surface area contributed by atoms with Gasteiger partial charge < -0.3 is 9.26 Å². The molecule has 9 heteroatoms. The molecule has 1 aliphatic heterocycles. The van der Waals surface area contributed by atoms with Crippen LogP contribution in [0.1, 0.15) is 18.7 Å². The molecule has 0 bridgehead atoms. The summed E-state index contributed by atoms with van der Waals surface area (Å²) in [5.74, 6) is 1.25. The summed E-state index contributed by atoms with van der Waals surface area (Å²) in [5.41, 5.74) is 1.31. The number of fused-ring (bicyclic) bond motifs is 1. The molecular weight excluding hydrogens is 436 g/mol.